The molecule has 0 aliphatic carbocycles. The summed E-state index contributed by atoms with van der Waals surface area (Å²) in [4.78, 5) is 4.17. The summed E-state index contributed by atoms with van der Waals surface area (Å²) < 4.78 is 13.6. The second kappa shape index (κ2) is 3.95. The Labute approximate surface area is 87.9 Å². The molecule has 0 fully saturated rings. The lowest BCUT2D eigenvalue weighted by molar-refractivity contribution is 0.634. The van der Waals surface area contributed by atoms with Crippen LogP contribution in [0.15, 0.2) is 24.3 Å². The van der Waals surface area contributed by atoms with Gasteiger partial charge in [0.15, 0.2) is 0 Å². The van der Waals surface area contributed by atoms with Crippen molar-refractivity contribution in [2.75, 3.05) is 6.54 Å². The van der Waals surface area contributed by atoms with Crippen LogP contribution in [0.2, 0.25) is 0 Å². The summed E-state index contributed by atoms with van der Waals surface area (Å²) in [5.74, 6) is -0.264. The Balaban J connectivity index is 2.62. The van der Waals surface area contributed by atoms with Gasteiger partial charge in [-0.25, -0.2) is 4.39 Å². The molecule has 15 heavy (non-hydrogen) atoms. The number of benzene rings is 1. The summed E-state index contributed by atoms with van der Waals surface area (Å²) in [7, 11) is 0. The van der Waals surface area contributed by atoms with Crippen LogP contribution in [-0.2, 0) is 6.42 Å². The van der Waals surface area contributed by atoms with Gasteiger partial charge in [-0.3, -0.25) is 4.98 Å². The third-order valence-electron chi connectivity index (χ3n) is 2.38. The van der Waals surface area contributed by atoms with Gasteiger partial charge < -0.3 is 5.73 Å². The van der Waals surface area contributed by atoms with Crippen LogP contribution in [0.3, 0.4) is 0 Å². The molecule has 0 unspecified atom stereocenters. The van der Waals surface area contributed by atoms with E-state index in [1.807, 2.05) is 25.1 Å². The Morgan fingerprint density at radius 1 is 1.33 bits per heavy atom. The van der Waals surface area contributed by atoms with Crippen LogP contribution in [0.25, 0.3) is 10.9 Å². The molecule has 2 nitrogen and oxygen atoms in total. The summed E-state index contributed by atoms with van der Waals surface area (Å²) in [6.45, 7) is 2.39. The number of pyridine rings is 1. The molecule has 1 heterocycles. The summed E-state index contributed by atoms with van der Waals surface area (Å²) in [5, 5.41) is 0.837. The molecular weight excluding hydrogens is 191 g/mol. The van der Waals surface area contributed by atoms with E-state index in [9.17, 15) is 4.39 Å². The Morgan fingerprint density at radius 3 is 2.87 bits per heavy atom. The molecule has 0 atom stereocenters. The molecular formula is C12H13FN2. The maximum atomic E-state index is 13.6. The first kappa shape index (κ1) is 10.1. The van der Waals surface area contributed by atoms with E-state index < -0.39 is 0 Å². The van der Waals surface area contributed by atoms with Crippen molar-refractivity contribution in [3.05, 3.63) is 41.3 Å². The number of nitrogens with two attached hydrogens (primary N) is 1. The maximum absolute atomic E-state index is 13.6. The fourth-order valence-corrected chi connectivity index (χ4v) is 1.66. The molecule has 0 saturated heterocycles. The third-order valence-corrected chi connectivity index (χ3v) is 2.38. The number of halogens is 1. The average molecular weight is 204 g/mol. The number of aromatic nitrogens is 1. The quantitative estimate of drug-likeness (QED) is 0.814. The van der Waals surface area contributed by atoms with Gasteiger partial charge in [0.05, 0.1) is 0 Å². The lowest BCUT2D eigenvalue weighted by atomic mass is 10.1. The first-order valence-corrected chi connectivity index (χ1v) is 4.96. The van der Waals surface area contributed by atoms with Crippen molar-refractivity contribution in [3.63, 3.8) is 0 Å². The minimum absolute atomic E-state index is 0.264. The highest BCUT2D eigenvalue weighted by molar-refractivity contribution is 5.80. The molecule has 0 aliphatic heterocycles. The van der Waals surface area contributed by atoms with Gasteiger partial charge in [-0.1, -0.05) is 6.07 Å². The van der Waals surface area contributed by atoms with Crippen molar-refractivity contribution < 1.29 is 4.39 Å². The predicted octanol–water partition coefficient (Wildman–Crippen LogP) is 2.18. The number of aryl methyl sites for hydroxylation is 1. The summed E-state index contributed by atoms with van der Waals surface area (Å²) >= 11 is 0. The van der Waals surface area contributed by atoms with Crippen LogP contribution in [-0.4, -0.2) is 11.5 Å². The lowest BCUT2D eigenvalue weighted by Gasteiger charge is -2.04. The van der Waals surface area contributed by atoms with Crippen LogP contribution < -0.4 is 5.73 Å². The van der Waals surface area contributed by atoms with Crippen LogP contribution in [0.4, 0.5) is 4.39 Å². The predicted molar refractivity (Wildman–Crippen MR) is 59.2 cm³/mol. The first-order chi connectivity index (χ1) is 7.20. The molecule has 2 aromatic rings. The van der Waals surface area contributed by atoms with Crippen molar-refractivity contribution in [1.82, 2.24) is 4.98 Å². The largest absolute Gasteiger partial charge is 0.330 e. The molecule has 0 bridgehead atoms. The van der Waals surface area contributed by atoms with Gasteiger partial charge in [-0.2, -0.15) is 0 Å². The number of rotatable bonds is 2. The van der Waals surface area contributed by atoms with E-state index in [2.05, 4.69) is 4.98 Å². The summed E-state index contributed by atoms with van der Waals surface area (Å²) in [6.07, 6.45) is 0.695. The topological polar surface area (TPSA) is 38.9 Å². The molecule has 3 heteroatoms. The Hall–Kier alpha value is -1.48. The highest BCUT2D eigenvalue weighted by Gasteiger charge is 2.04. The van der Waals surface area contributed by atoms with Crippen molar-refractivity contribution in [3.8, 4) is 0 Å². The zero-order valence-corrected chi connectivity index (χ0v) is 8.63. The monoisotopic (exact) mass is 204 g/mol. The standard InChI is InChI=1S/C12H13FN2/c1-8-2-3-10-6-9(4-5-14)7-11(13)12(10)15-8/h2-3,6-7H,4-5,14H2,1H3. The molecule has 78 valence electrons. The van der Waals surface area contributed by atoms with E-state index in [0.717, 1.165) is 16.6 Å². The van der Waals surface area contributed by atoms with Crippen molar-refractivity contribution >= 4 is 10.9 Å². The number of hydrogen-bond acceptors (Lipinski definition) is 2. The van der Waals surface area contributed by atoms with Gasteiger partial charge in [0, 0.05) is 11.1 Å². The second-order valence-corrected chi connectivity index (χ2v) is 3.64. The van der Waals surface area contributed by atoms with Crippen LogP contribution >= 0.6 is 0 Å². The van der Waals surface area contributed by atoms with Gasteiger partial charge in [-0.05, 0) is 43.7 Å². The van der Waals surface area contributed by atoms with E-state index in [4.69, 9.17) is 5.73 Å². The molecule has 0 radical (unpaired) electrons. The van der Waals surface area contributed by atoms with Gasteiger partial charge in [0.2, 0.25) is 0 Å². The molecule has 2 rings (SSSR count). The van der Waals surface area contributed by atoms with Gasteiger partial charge in [0.25, 0.3) is 0 Å². The molecule has 2 N–H and O–H groups in total. The average Bonchev–Trinajstić information content (AvgIpc) is 2.20. The molecule has 1 aromatic carbocycles. The van der Waals surface area contributed by atoms with Crippen LogP contribution in [0.1, 0.15) is 11.3 Å². The minimum Gasteiger partial charge on any atom is -0.330 e. The normalized spacial score (nSPS) is 10.9. The Kier molecular flexibility index (Phi) is 2.64. The van der Waals surface area contributed by atoms with Crippen LogP contribution in [0.5, 0.6) is 0 Å². The molecule has 0 amide bonds. The van der Waals surface area contributed by atoms with Gasteiger partial charge in [-0.15, -0.1) is 0 Å². The molecule has 0 spiro atoms. The van der Waals surface area contributed by atoms with E-state index in [1.54, 1.807) is 0 Å². The van der Waals surface area contributed by atoms with Crippen LogP contribution in [0, 0.1) is 12.7 Å². The zero-order valence-electron chi connectivity index (χ0n) is 8.63. The summed E-state index contributed by atoms with van der Waals surface area (Å²) in [5.41, 5.74) is 7.63. The number of hydrogen-bond donors (Lipinski definition) is 1. The van der Waals surface area contributed by atoms with Crippen molar-refractivity contribution in [1.29, 1.82) is 0 Å². The Bertz CT molecular complexity index is 494. The Morgan fingerprint density at radius 2 is 2.13 bits per heavy atom. The maximum Gasteiger partial charge on any atom is 0.149 e. The highest BCUT2D eigenvalue weighted by Crippen LogP contribution is 2.18. The SMILES string of the molecule is Cc1ccc2cc(CCN)cc(F)c2n1. The summed E-state index contributed by atoms with van der Waals surface area (Å²) in [6, 6.07) is 7.23. The van der Waals surface area contributed by atoms with E-state index >= 15 is 0 Å². The second-order valence-electron chi connectivity index (χ2n) is 3.64. The zero-order chi connectivity index (χ0) is 10.8. The fourth-order valence-electron chi connectivity index (χ4n) is 1.66. The van der Waals surface area contributed by atoms with E-state index in [0.29, 0.717) is 18.5 Å². The van der Waals surface area contributed by atoms with Gasteiger partial charge >= 0.3 is 0 Å². The van der Waals surface area contributed by atoms with Crippen molar-refractivity contribution in [2.24, 2.45) is 5.73 Å². The smallest absolute Gasteiger partial charge is 0.149 e. The lowest BCUT2D eigenvalue weighted by Crippen LogP contribution is -2.03. The molecule has 0 aliphatic rings. The third kappa shape index (κ3) is 1.97. The number of nitrogens with zero attached hydrogens (tertiary/aromatic N) is 1. The van der Waals surface area contributed by atoms with E-state index in [1.165, 1.54) is 6.07 Å². The van der Waals surface area contributed by atoms with Gasteiger partial charge in [0.1, 0.15) is 11.3 Å². The van der Waals surface area contributed by atoms with E-state index in [-0.39, 0.29) is 5.82 Å². The number of fused-ring (bicyclic) bond motifs is 1. The first-order valence-electron chi connectivity index (χ1n) is 4.96. The highest BCUT2D eigenvalue weighted by atomic mass is 19.1. The molecule has 1 aromatic heterocycles. The van der Waals surface area contributed by atoms with Crippen molar-refractivity contribution in [2.45, 2.75) is 13.3 Å². The minimum atomic E-state index is -0.264. The molecule has 0 saturated carbocycles. The fraction of sp³-hybridized carbons (Fsp3) is 0.250.